The van der Waals surface area contributed by atoms with E-state index in [1.807, 2.05) is 31.2 Å². The molecule has 5 heteroatoms. The van der Waals surface area contributed by atoms with Crippen molar-refractivity contribution in [2.45, 2.75) is 26.0 Å². The molecule has 0 saturated heterocycles. The van der Waals surface area contributed by atoms with Crippen molar-refractivity contribution in [2.24, 2.45) is 0 Å². The first-order chi connectivity index (χ1) is 10.1. The minimum Gasteiger partial charge on any atom is -0.448 e. The van der Waals surface area contributed by atoms with Gasteiger partial charge in [-0.25, -0.2) is 4.79 Å². The average Bonchev–Trinajstić information content (AvgIpc) is 2.90. The highest BCUT2D eigenvalue weighted by molar-refractivity contribution is 7.11. The number of cyclic esters (lactones) is 1. The number of benzene rings is 1. The maximum absolute atomic E-state index is 12.1. The molecule has 1 aromatic carbocycles. The first-order valence-electron chi connectivity index (χ1n) is 6.75. The van der Waals surface area contributed by atoms with Crippen LogP contribution in [0.1, 0.15) is 25.7 Å². The number of rotatable bonds is 3. The summed E-state index contributed by atoms with van der Waals surface area (Å²) in [5.74, 6) is -0.673. The molecule has 0 unspecified atom stereocenters. The van der Waals surface area contributed by atoms with Crippen molar-refractivity contribution in [3.63, 3.8) is 0 Å². The van der Waals surface area contributed by atoms with Gasteiger partial charge in [-0.3, -0.25) is 4.79 Å². The van der Waals surface area contributed by atoms with Gasteiger partial charge in [0.2, 0.25) is 0 Å². The first kappa shape index (κ1) is 13.8. The summed E-state index contributed by atoms with van der Waals surface area (Å²) < 4.78 is 5.22. The molecule has 1 atom stereocenters. The smallest absolute Gasteiger partial charge is 0.339 e. The van der Waals surface area contributed by atoms with E-state index in [1.54, 1.807) is 23.5 Å². The molecule has 1 aromatic heterocycles. The number of nitrogens with one attached hydrogen (secondary N) is 1. The quantitative estimate of drug-likeness (QED) is 0.886. The highest BCUT2D eigenvalue weighted by Crippen LogP contribution is 2.21. The number of ether oxygens (including phenoxy) is 1. The molecule has 0 radical (unpaired) electrons. The van der Waals surface area contributed by atoms with Crippen molar-refractivity contribution in [1.82, 2.24) is 5.32 Å². The Labute approximate surface area is 126 Å². The number of aryl methyl sites for hydroxylation is 1. The second-order valence-electron chi connectivity index (χ2n) is 4.99. The van der Waals surface area contributed by atoms with Crippen LogP contribution < -0.4 is 5.32 Å². The maximum Gasteiger partial charge on any atom is 0.339 e. The maximum atomic E-state index is 12.1. The summed E-state index contributed by atoms with van der Waals surface area (Å²) in [6.45, 7) is 2.49. The van der Waals surface area contributed by atoms with Crippen LogP contribution in [0.2, 0.25) is 0 Å². The van der Waals surface area contributed by atoms with Crippen LogP contribution in [0.25, 0.3) is 0 Å². The molecule has 2 heterocycles. The van der Waals surface area contributed by atoms with E-state index in [9.17, 15) is 9.59 Å². The number of hydrogen-bond donors (Lipinski definition) is 1. The third-order valence-corrected chi connectivity index (χ3v) is 4.42. The van der Waals surface area contributed by atoms with E-state index < -0.39 is 12.1 Å². The Hall–Kier alpha value is -2.14. The lowest BCUT2D eigenvalue weighted by molar-refractivity contribution is -0.130. The Kier molecular flexibility index (Phi) is 3.75. The fourth-order valence-corrected chi connectivity index (χ4v) is 3.18. The average molecular weight is 301 g/mol. The lowest BCUT2D eigenvalue weighted by Crippen LogP contribution is -2.41. The molecule has 0 spiro atoms. The van der Waals surface area contributed by atoms with E-state index in [0.717, 1.165) is 10.4 Å². The Morgan fingerprint density at radius 3 is 2.90 bits per heavy atom. The molecular formula is C16H15NO3S. The van der Waals surface area contributed by atoms with E-state index in [-0.39, 0.29) is 5.91 Å². The van der Waals surface area contributed by atoms with Crippen molar-refractivity contribution >= 4 is 23.2 Å². The van der Waals surface area contributed by atoms with E-state index in [1.165, 1.54) is 4.88 Å². The normalized spacial score (nSPS) is 17.0. The third-order valence-electron chi connectivity index (χ3n) is 3.42. The zero-order valence-electron chi connectivity index (χ0n) is 11.6. The largest absolute Gasteiger partial charge is 0.448 e. The highest BCUT2D eigenvalue weighted by atomic mass is 32.1. The predicted molar refractivity (Wildman–Crippen MR) is 80.3 cm³/mol. The molecule has 3 rings (SSSR count). The molecule has 0 fully saturated rings. The fraction of sp³-hybridized carbons (Fsp3) is 0.250. The van der Waals surface area contributed by atoms with Gasteiger partial charge in [0, 0.05) is 16.2 Å². The molecular weight excluding hydrogens is 286 g/mol. The van der Waals surface area contributed by atoms with Gasteiger partial charge in [-0.2, -0.15) is 0 Å². The number of carbonyl (C=O) groups is 2. The van der Waals surface area contributed by atoms with Crippen molar-refractivity contribution < 1.29 is 14.3 Å². The number of hydrogen-bond acceptors (Lipinski definition) is 4. The lowest BCUT2D eigenvalue weighted by Gasteiger charge is -2.23. The van der Waals surface area contributed by atoms with Crippen LogP contribution in [0.5, 0.6) is 0 Å². The van der Waals surface area contributed by atoms with Crippen molar-refractivity contribution in [3.05, 3.63) is 57.3 Å². The van der Waals surface area contributed by atoms with E-state index >= 15 is 0 Å². The molecule has 2 aromatic rings. The fourth-order valence-electron chi connectivity index (χ4n) is 2.35. The summed E-state index contributed by atoms with van der Waals surface area (Å²) in [4.78, 5) is 26.3. The van der Waals surface area contributed by atoms with Gasteiger partial charge in [0.1, 0.15) is 0 Å². The Morgan fingerprint density at radius 2 is 2.14 bits per heavy atom. The number of esters is 1. The SMILES string of the molecule is Cc1ccc(CNC(=O)[C@@H]2Cc3ccccc3C(=O)O2)s1. The third kappa shape index (κ3) is 2.97. The van der Waals surface area contributed by atoms with Gasteiger partial charge in [0.25, 0.3) is 5.91 Å². The van der Waals surface area contributed by atoms with Crippen LogP contribution in [-0.4, -0.2) is 18.0 Å². The van der Waals surface area contributed by atoms with Crippen LogP contribution in [0.15, 0.2) is 36.4 Å². The number of fused-ring (bicyclic) bond motifs is 1. The molecule has 1 aliphatic rings. The molecule has 0 aliphatic carbocycles. The van der Waals surface area contributed by atoms with Crippen molar-refractivity contribution in [3.8, 4) is 0 Å². The molecule has 21 heavy (non-hydrogen) atoms. The summed E-state index contributed by atoms with van der Waals surface area (Å²) in [7, 11) is 0. The van der Waals surface area contributed by atoms with Crippen LogP contribution in [0.4, 0.5) is 0 Å². The zero-order chi connectivity index (χ0) is 14.8. The predicted octanol–water partition coefficient (Wildman–Crippen LogP) is 2.45. The molecule has 0 bridgehead atoms. The van der Waals surface area contributed by atoms with Crippen molar-refractivity contribution in [1.29, 1.82) is 0 Å². The van der Waals surface area contributed by atoms with Crippen LogP contribution in [-0.2, 0) is 22.5 Å². The molecule has 4 nitrogen and oxygen atoms in total. The van der Waals surface area contributed by atoms with Gasteiger partial charge in [0.05, 0.1) is 12.1 Å². The van der Waals surface area contributed by atoms with Gasteiger partial charge >= 0.3 is 5.97 Å². The molecule has 1 N–H and O–H groups in total. The Morgan fingerprint density at radius 1 is 1.33 bits per heavy atom. The van der Waals surface area contributed by atoms with Crippen LogP contribution >= 0.6 is 11.3 Å². The number of amides is 1. The van der Waals surface area contributed by atoms with Crippen molar-refractivity contribution in [2.75, 3.05) is 0 Å². The van der Waals surface area contributed by atoms with Gasteiger partial charge < -0.3 is 10.1 Å². The number of thiophene rings is 1. The zero-order valence-corrected chi connectivity index (χ0v) is 12.4. The Balaban J connectivity index is 1.65. The van der Waals surface area contributed by atoms with Crippen LogP contribution in [0.3, 0.4) is 0 Å². The van der Waals surface area contributed by atoms with Gasteiger partial charge in [-0.05, 0) is 30.7 Å². The van der Waals surface area contributed by atoms with E-state index in [0.29, 0.717) is 18.5 Å². The summed E-state index contributed by atoms with van der Waals surface area (Å²) in [5, 5.41) is 2.83. The first-order valence-corrected chi connectivity index (χ1v) is 7.57. The highest BCUT2D eigenvalue weighted by Gasteiger charge is 2.30. The monoisotopic (exact) mass is 301 g/mol. The van der Waals surface area contributed by atoms with Gasteiger partial charge in [0.15, 0.2) is 6.10 Å². The summed E-state index contributed by atoms with van der Waals surface area (Å²) in [6.07, 6.45) is -0.314. The molecule has 1 amide bonds. The molecule has 1 aliphatic heterocycles. The topological polar surface area (TPSA) is 55.4 Å². The molecule has 0 saturated carbocycles. The van der Waals surface area contributed by atoms with Crippen LogP contribution in [0, 0.1) is 6.92 Å². The Bertz CT molecular complexity index is 692. The summed E-state index contributed by atoms with van der Waals surface area (Å²) >= 11 is 1.64. The second-order valence-corrected chi connectivity index (χ2v) is 6.36. The standard InChI is InChI=1S/C16H15NO3S/c1-10-6-7-12(21-10)9-17-15(18)14-8-11-4-2-3-5-13(11)16(19)20-14/h2-7,14H,8-9H2,1H3,(H,17,18)/t14-/m0/s1. The van der Waals surface area contributed by atoms with Gasteiger partial charge in [-0.1, -0.05) is 18.2 Å². The lowest BCUT2D eigenvalue weighted by atomic mass is 9.98. The minimum absolute atomic E-state index is 0.246. The van der Waals surface area contributed by atoms with Gasteiger partial charge in [-0.15, -0.1) is 11.3 Å². The number of carbonyl (C=O) groups excluding carboxylic acids is 2. The minimum atomic E-state index is -0.742. The second kappa shape index (κ2) is 5.69. The summed E-state index contributed by atoms with van der Waals surface area (Å²) in [5.41, 5.74) is 1.41. The summed E-state index contributed by atoms with van der Waals surface area (Å²) in [6, 6.07) is 11.2. The van der Waals surface area contributed by atoms with E-state index in [4.69, 9.17) is 4.74 Å². The van der Waals surface area contributed by atoms with E-state index in [2.05, 4.69) is 5.32 Å². The molecule has 108 valence electrons.